The summed E-state index contributed by atoms with van der Waals surface area (Å²) >= 11 is 0. The molecular weight excluding hydrogens is 376 g/mol. The highest BCUT2D eigenvalue weighted by Crippen LogP contribution is 2.41. The molecule has 0 saturated carbocycles. The van der Waals surface area contributed by atoms with E-state index in [4.69, 9.17) is 5.73 Å². The summed E-state index contributed by atoms with van der Waals surface area (Å²) in [5.74, 6) is -1.88. The predicted molar refractivity (Wildman–Crippen MR) is 120 cm³/mol. The van der Waals surface area contributed by atoms with Gasteiger partial charge in [-0.05, 0) is 55.0 Å². The largest absolute Gasteiger partial charge is 0.478 e. The van der Waals surface area contributed by atoms with Gasteiger partial charge in [-0.2, -0.15) is 0 Å². The summed E-state index contributed by atoms with van der Waals surface area (Å²) in [6.07, 6.45) is 6.52. The number of nitrogens with zero attached hydrogens (tertiary/aromatic N) is 1. The van der Waals surface area contributed by atoms with Crippen LogP contribution in [0.15, 0.2) is 48.5 Å². The van der Waals surface area contributed by atoms with Crippen LogP contribution in [-0.2, 0) is 4.79 Å². The van der Waals surface area contributed by atoms with E-state index in [0.717, 1.165) is 37.9 Å². The molecule has 1 aliphatic heterocycles. The van der Waals surface area contributed by atoms with E-state index >= 15 is 0 Å². The van der Waals surface area contributed by atoms with Crippen LogP contribution in [0.4, 0.5) is 5.69 Å². The molecule has 2 atom stereocenters. The van der Waals surface area contributed by atoms with E-state index in [0.29, 0.717) is 0 Å². The molecule has 1 amide bonds. The highest BCUT2D eigenvalue weighted by molar-refractivity contribution is 5.88. The number of unbranched alkanes of at least 4 members (excludes halogenated alkanes) is 1. The number of para-hydroxylation sites is 1. The minimum absolute atomic E-state index is 0.0451. The Hall–Kier alpha value is -2.82. The van der Waals surface area contributed by atoms with Gasteiger partial charge in [-0.25, -0.2) is 4.79 Å². The Morgan fingerprint density at radius 3 is 2.30 bits per heavy atom. The summed E-state index contributed by atoms with van der Waals surface area (Å²) in [7, 11) is 0. The van der Waals surface area contributed by atoms with Crippen molar-refractivity contribution >= 4 is 17.6 Å². The van der Waals surface area contributed by atoms with E-state index in [1.54, 1.807) is 24.3 Å². The number of carboxylic acids is 1. The van der Waals surface area contributed by atoms with Gasteiger partial charge in [0.1, 0.15) is 0 Å². The van der Waals surface area contributed by atoms with Crippen molar-refractivity contribution in [2.24, 2.45) is 5.73 Å². The number of piperidine rings is 1. The van der Waals surface area contributed by atoms with E-state index in [9.17, 15) is 14.7 Å². The Balaban J connectivity index is 2.03. The lowest BCUT2D eigenvalue weighted by molar-refractivity contribution is -0.120. The normalized spacial score (nSPS) is 16.1. The maximum atomic E-state index is 12.7. The summed E-state index contributed by atoms with van der Waals surface area (Å²) in [5, 5.41) is 9.21. The van der Waals surface area contributed by atoms with Crippen molar-refractivity contribution in [3.63, 3.8) is 0 Å². The molecule has 0 radical (unpaired) electrons. The second-order valence-corrected chi connectivity index (χ2v) is 8.16. The summed E-state index contributed by atoms with van der Waals surface area (Å²) in [4.78, 5) is 26.3. The maximum absolute atomic E-state index is 12.7. The second kappa shape index (κ2) is 10.3. The molecule has 0 spiro atoms. The van der Waals surface area contributed by atoms with Crippen LogP contribution in [0.1, 0.15) is 78.8 Å². The molecule has 1 aliphatic rings. The third-order valence-electron chi connectivity index (χ3n) is 6.13. The standard InChI is InChI=1S/C25H32N2O3/c1-2-3-9-21(20-10-5-6-11-22(20)27-16-7-4-8-17-27)23(24(26)28)18-12-14-19(15-13-18)25(29)30/h5-6,10-15,21,23H,2-4,7-9,16-17H2,1H3,(H2,26,28)(H,29,30). The fraction of sp³-hybridized carbons (Fsp3) is 0.440. The van der Waals surface area contributed by atoms with Crippen molar-refractivity contribution in [1.29, 1.82) is 0 Å². The third-order valence-corrected chi connectivity index (χ3v) is 6.13. The van der Waals surface area contributed by atoms with Crippen LogP contribution < -0.4 is 10.6 Å². The molecule has 1 heterocycles. The van der Waals surface area contributed by atoms with Gasteiger partial charge in [0.15, 0.2) is 0 Å². The molecule has 1 fully saturated rings. The number of rotatable bonds is 9. The van der Waals surface area contributed by atoms with Crippen LogP contribution in [0.2, 0.25) is 0 Å². The first-order valence-electron chi connectivity index (χ1n) is 11.0. The van der Waals surface area contributed by atoms with Crippen molar-refractivity contribution in [3.8, 4) is 0 Å². The number of carbonyl (C=O) groups is 2. The quantitative estimate of drug-likeness (QED) is 0.617. The molecule has 2 unspecified atom stereocenters. The number of aromatic carboxylic acids is 1. The van der Waals surface area contributed by atoms with Gasteiger partial charge in [-0.15, -0.1) is 0 Å². The molecule has 1 saturated heterocycles. The molecule has 2 aromatic rings. The maximum Gasteiger partial charge on any atom is 0.335 e. The Bertz CT molecular complexity index is 857. The minimum Gasteiger partial charge on any atom is -0.478 e. The predicted octanol–water partition coefficient (Wildman–Crippen LogP) is 4.92. The van der Waals surface area contributed by atoms with Crippen LogP contribution in [0.3, 0.4) is 0 Å². The fourth-order valence-corrected chi connectivity index (χ4v) is 4.58. The Labute approximate surface area is 178 Å². The monoisotopic (exact) mass is 408 g/mol. The van der Waals surface area contributed by atoms with Crippen molar-refractivity contribution in [2.75, 3.05) is 18.0 Å². The Kier molecular flexibility index (Phi) is 7.50. The van der Waals surface area contributed by atoms with Gasteiger partial charge in [-0.1, -0.05) is 50.1 Å². The average Bonchev–Trinajstić information content (AvgIpc) is 2.77. The van der Waals surface area contributed by atoms with Gasteiger partial charge in [0.25, 0.3) is 0 Å². The molecule has 0 aromatic heterocycles. The third kappa shape index (κ3) is 5.02. The first kappa shape index (κ1) is 21.9. The molecule has 30 heavy (non-hydrogen) atoms. The number of anilines is 1. The number of carboxylic acid groups (broad SMARTS) is 1. The summed E-state index contributed by atoms with van der Waals surface area (Å²) in [6.45, 7) is 4.21. The molecule has 5 heteroatoms. The van der Waals surface area contributed by atoms with Crippen molar-refractivity contribution < 1.29 is 14.7 Å². The first-order valence-corrected chi connectivity index (χ1v) is 11.0. The summed E-state index contributed by atoms with van der Waals surface area (Å²) in [5.41, 5.74) is 9.29. The topological polar surface area (TPSA) is 83.6 Å². The SMILES string of the molecule is CCCCC(c1ccccc1N1CCCCC1)C(C(N)=O)c1ccc(C(=O)O)cc1. The van der Waals surface area contributed by atoms with Gasteiger partial charge in [0.05, 0.1) is 11.5 Å². The summed E-state index contributed by atoms with van der Waals surface area (Å²) < 4.78 is 0. The van der Waals surface area contributed by atoms with Crippen molar-refractivity contribution in [1.82, 2.24) is 0 Å². The number of primary amides is 1. The van der Waals surface area contributed by atoms with E-state index in [1.165, 1.54) is 30.5 Å². The minimum atomic E-state index is -0.977. The number of benzene rings is 2. The summed E-state index contributed by atoms with van der Waals surface area (Å²) in [6, 6.07) is 15.0. The molecule has 0 aliphatic carbocycles. The molecule has 5 nitrogen and oxygen atoms in total. The lowest BCUT2D eigenvalue weighted by atomic mass is 9.77. The van der Waals surface area contributed by atoms with E-state index in [1.807, 2.05) is 6.07 Å². The number of amides is 1. The lowest BCUT2D eigenvalue weighted by Crippen LogP contribution is -2.32. The fourth-order valence-electron chi connectivity index (χ4n) is 4.58. The molecule has 3 N–H and O–H groups in total. The Morgan fingerprint density at radius 1 is 1.03 bits per heavy atom. The van der Waals surface area contributed by atoms with Gasteiger partial charge in [-0.3, -0.25) is 4.79 Å². The van der Waals surface area contributed by atoms with Crippen LogP contribution in [0, 0.1) is 0 Å². The second-order valence-electron chi connectivity index (χ2n) is 8.16. The number of hydrogen-bond acceptors (Lipinski definition) is 3. The zero-order chi connectivity index (χ0) is 21.5. The molecule has 160 valence electrons. The zero-order valence-corrected chi connectivity index (χ0v) is 17.7. The smallest absolute Gasteiger partial charge is 0.335 e. The van der Waals surface area contributed by atoms with Gasteiger partial charge in [0.2, 0.25) is 5.91 Å². The number of hydrogen-bond donors (Lipinski definition) is 2. The van der Waals surface area contributed by atoms with Crippen molar-refractivity contribution in [2.45, 2.75) is 57.3 Å². The number of carbonyl (C=O) groups excluding carboxylic acids is 1. The van der Waals surface area contributed by atoms with Crippen LogP contribution in [0.25, 0.3) is 0 Å². The molecule has 2 aromatic carbocycles. The van der Waals surface area contributed by atoms with E-state index < -0.39 is 11.9 Å². The molecule has 0 bridgehead atoms. The van der Waals surface area contributed by atoms with Gasteiger partial charge in [0, 0.05) is 24.7 Å². The highest BCUT2D eigenvalue weighted by Gasteiger charge is 2.32. The zero-order valence-electron chi connectivity index (χ0n) is 17.7. The van der Waals surface area contributed by atoms with Gasteiger partial charge >= 0.3 is 5.97 Å². The van der Waals surface area contributed by atoms with Crippen LogP contribution in [0.5, 0.6) is 0 Å². The first-order chi connectivity index (χ1) is 14.5. The van der Waals surface area contributed by atoms with Crippen LogP contribution >= 0.6 is 0 Å². The van der Waals surface area contributed by atoms with Gasteiger partial charge < -0.3 is 15.7 Å². The van der Waals surface area contributed by atoms with E-state index in [-0.39, 0.29) is 17.4 Å². The number of nitrogens with two attached hydrogens (primary N) is 1. The lowest BCUT2D eigenvalue weighted by Gasteiger charge is -2.34. The van der Waals surface area contributed by atoms with Crippen LogP contribution in [-0.4, -0.2) is 30.1 Å². The average molecular weight is 409 g/mol. The molecular formula is C25H32N2O3. The molecule has 3 rings (SSSR count). The van der Waals surface area contributed by atoms with E-state index in [2.05, 4.69) is 30.0 Å². The Morgan fingerprint density at radius 2 is 1.70 bits per heavy atom. The highest BCUT2D eigenvalue weighted by atomic mass is 16.4. The van der Waals surface area contributed by atoms with Crippen molar-refractivity contribution in [3.05, 3.63) is 65.2 Å².